The second-order valence-corrected chi connectivity index (χ2v) is 5.95. The van der Waals surface area contributed by atoms with Crippen LogP contribution in [0, 0.1) is 0 Å². The lowest BCUT2D eigenvalue weighted by molar-refractivity contribution is 0.931. The number of nitrogens with zero attached hydrogens (tertiary/aromatic N) is 2. The van der Waals surface area contributed by atoms with E-state index in [9.17, 15) is 0 Å². The van der Waals surface area contributed by atoms with Crippen molar-refractivity contribution in [2.75, 3.05) is 6.54 Å². The molecule has 0 saturated carbocycles. The lowest BCUT2D eigenvalue weighted by Crippen LogP contribution is -2.17. The van der Waals surface area contributed by atoms with Crippen LogP contribution in [-0.4, -0.2) is 17.2 Å². The Hall–Kier alpha value is -1.38. The van der Waals surface area contributed by atoms with Gasteiger partial charge in [0, 0.05) is 47.6 Å². The molecule has 2 aliphatic rings. The van der Waals surface area contributed by atoms with Gasteiger partial charge in [0.1, 0.15) is 0 Å². The molecule has 0 unspecified atom stereocenters. The van der Waals surface area contributed by atoms with Crippen molar-refractivity contribution in [2.24, 2.45) is 4.99 Å². The van der Waals surface area contributed by atoms with Gasteiger partial charge in [0.2, 0.25) is 0 Å². The zero-order valence-electron chi connectivity index (χ0n) is 10.8. The van der Waals surface area contributed by atoms with Crippen molar-refractivity contribution in [1.29, 1.82) is 0 Å². The van der Waals surface area contributed by atoms with Crippen LogP contribution < -0.4 is 0 Å². The number of halogens is 2. The molecule has 2 nitrogen and oxygen atoms in total. The van der Waals surface area contributed by atoms with Crippen molar-refractivity contribution >= 4 is 28.9 Å². The van der Waals surface area contributed by atoms with Crippen LogP contribution in [0.1, 0.15) is 27.9 Å². The van der Waals surface area contributed by atoms with Gasteiger partial charge in [-0.1, -0.05) is 29.3 Å². The van der Waals surface area contributed by atoms with E-state index in [1.165, 1.54) is 16.7 Å². The largest absolute Gasteiger partial charge is 0.288 e. The number of fused-ring (bicyclic) bond motifs is 2. The molecule has 0 saturated heterocycles. The van der Waals surface area contributed by atoms with Gasteiger partial charge < -0.3 is 0 Å². The van der Waals surface area contributed by atoms with Crippen molar-refractivity contribution in [2.45, 2.75) is 19.3 Å². The molecular weight excluding hydrogens is 291 g/mol. The van der Waals surface area contributed by atoms with Gasteiger partial charge in [0.25, 0.3) is 0 Å². The molecule has 0 fully saturated rings. The maximum atomic E-state index is 6.54. The summed E-state index contributed by atoms with van der Waals surface area (Å²) in [6.45, 7) is 0.782. The fourth-order valence-corrected chi connectivity index (χ4v) is 3.64. The zero-order valence-corrected chi connectivity index (χ0v) is 12.3. The molecule has 100 valence electrons. The first-order valence-corrected chi connectivity index (χ1v) is 7.46. The summed E-state index contributed by atoms with van der Waals surface area (Å²) in [5, 5.41) is 1.77. The van der Waals surface area contributed by atoms with E-state index in [4.69, 9.17) is 23.2 Å². The first-order chi connectivity index (χ1) is 9.75. The van der Waals surface area contributed by atoms with E-state index in [0.717, 1.165) is 46.4 Å². The molecular formula is C16H12Cl2N2. The van der Waals surface area contributed by atoms with Crippen LogP contribution in [0.25, 0.3) is 0 Å². The summed E-state index contributed by atoms with van der Waals surface area (Å²) in [7, 11) is 0. The molecule has 0 amide bonds. The summed E-state index contributed by atoms with van der Waals surface area (Å²) < 4.78 is 0. The molecule has 20 heavy (non-hydrogen) atoms. The second-order valence-electron chi connectivity index (χ2n) is 5.19. The van der Waals surface area contributed by atoms with E-state index in [2.05, 4.69) is 9.98 Å². The summed E-state index contributed by atoms with van der Waals surface area (Å²) >= 11 is 13.0. The molecule has 4 heteroatoms. The molecule has 2 heterocycles. The average Bonchev–Trinajstić information content (AvgIpc) is 3.27. The predicted octanol–water partition coefficient (Wildman–Crippen LogP) is 3.88. The highest BCUT2D eigenvalue weighted by Gasteiger charge is 2.33. The Balaban J connectivity index is 1.80. The quantitative estimate of drug-likeness (QED) is 0.705. The summed E-state index contributed by atoms with van der Waals surface area (Å²) in [5.74, 6) is 0. The van der Waals surface area contributed by atoms with E-state index >= 15 is 0 Å². The fraction of sp³-hybridized carbons (Fsp3) is 0.250. The van der Waals surface area contributed by atoms with Crippen molar-refractivity contribution in [1.82, 2.24) is 4.98 Å². The highest BCUT2D eigenvalue weighted by Crippen LogP contribution is 2.46. The SMILES string of the molecule is Clc1c2c(c(Cl)c3c1CCN=C3Cc1ccccn1)C2. The Bertz CT molecular complexity index is 736. The summed E-state index contributed by atoms with van der Waals surface area (Å²) in [4.78, 5) is 9.04. The lowest BCUT2D eigenvalue weighted by Gasteiger charge is -2.19. The van der Waals surface area contributed by atoms with Crippen LogP contribution >= 0.6 is 23.2 Å². The van der Waals surface area contributed by atoms with E-state index in [0.29, 0.717) is 6.42 Å². The summed E-state index contributed by atoms with van der Waals surface area (Å²) in [6, 6.07) is 5.93. The molecule has 0 atom stereocenters. The number of aromatic nitrogens is 1. The van der Waals surface area contributed by atoms with Gasteiger partial charge in [-0.3, -0.25) is 9.98 Å². The summed E-state index contributed by atoms with van der Waals surface area (Å²) in [5.41, 5.74) is 6.70. The van der Waals surface area contributed by atoms with Gasteiger partial charge in [-0.25, -0.2) is 0 Å². The Morgan fingerprint density at radius 3 is 2.70 bits per heavy atom. The number of rotatable bonds is 2. The Kier molecular flexibility index (Phi) is 2.83. The number of benzene rings is 1. The topological polar surface area (TPSA) is 25.2 Å². The molecule has 4 rings (SSSR count). The Labute approximate surface area is 127 Å². The van der Waals surface area contributed by atoms with Crippen LogP contribution in [0.5, 0.6) is 0 Å². The van der Waals surface area contributed by atoms with Crippen LogP contribution in [0.2, 0.25) is 10.0 Å². The fourth-order valence-electron chi connectivity index (χ4n) is 2.86. The van der Waals surface area contributed by atoms with Crippen LogP contribution in [0.3, 0.4) is 0 Å². The van der Waals surface area contributed by atoms with Crippen molar-refractivity contribution < 1.29 is 0 Å². The summed E-state index contributed by atoms with van der Waals surface area (Å²) in [6.07, 6.45) is 4.33. The van der Waals surface area contributed by atoms with Gasteiger partial charge in [-0.15, -0.1) is 0 Å². The van der Waals surface area contributed by atoms with Crippen molar-refractivity contribution in [3.05, 3.63) is 62.4 Å². The maximum absolute atomic E-state index is 6.54. The predicted molar refractivity (Wildman–Crippen MR) is 82.3 cm³/mol. The first kappa shape index (κ1) is 12.4. The maximum Gasteiger partial charge on any atom is 0.0538 e. The molecule has 1 aromatic carbocycles. The molecule has 0 radical (unpaired) electrons. The standard InChI is InChI=1S/C16H12Cl2N2/c17-15-10-4-6-20-13(7-9-3-1-2-5-19-9)14(10)16(18)12-8-11(12)15/h1-3,5H,4,6-8H2. The van der Waals surface area contributed by atoms with Crippen LogP contribution in [-0.2, 0) is 19.3 Å². The first-order valence-electron chi connectivity index (χ1n) is 6.71. The molecule has 0 N–H and O–H groups in total. The van der Waals surface area contributed by atoms with Crippen LogP contribution in [0.15, 0.2) is 29.4 Å². The van der Waals surface area contributed by atoms with Gasteiger partial charge in [-0.05, 0) is 35.2 Å². The number of pyridine rings is 1. The zero-order chi connectivity index (χ0) is 13.7. The Morgan fingerprint density at radius 2 is 1.90 bits per heavy atom. The third-order valence-electron chi connectivity index (χ3n) is 3.94. The average molecular weight is 303 g/mol. The van der Waals surface area contributed by atoms with Gasteiger partial charge in [0.05, 0.1) is 5.02 Å². The van der Waals surface area contributed by atoms with E-state index in [-0.39, 0.29) is 0 Å². The number of hydrogen-bond donors (Lipinski definition) is 0. The molecule has 2 aromatic rings. The monoisotopic (exact) mass is 302 g/mol. The van der Waals surface area contributed by atoms with Gasteiger partial charge in [0.15, 0.2) is 0 Å². The normalized spacial score (nSPS) is 15.4. The minimum absolute atomic E-state index is 0.711. The van der Waals surface area contributed by atoms with Crippen LogP contribution in [0.4, 0.5) is 0 Å². The van der Waals surface area contributed by atoms with Gasteiger partial charge in [-0.2, -0.15) is 0 Å². The van der Waals surface area contributed by atoms with Gasteiger partial charge >= 0.3 is 0 Å². The minimum atomic E-state index is 0.711. The lowest BCUT2D eigenvalue weighted by atomic mass is 9.95. The molecule has 0 bridgehead atoms. The van der Waals surface area contributed by atoms with E-state index < -0.39 is 0 Å². The molecule has 1 aliphatic carbocycles. The third-order valence-corrected chi connectivity index (χ3v) is 4.81. The number of hydrogen-bond acceptors (Lipinski definition) is 2. The number of aliphatic imine (C=N–C) groups is 1. The van der Waals surface area contributed by atoms with Crippen molar-refractivity contribution in [3.63, 3.8) is 0 Å². The third kappa shape index (κ3) is 1.87. The molecule has 1 aliphatic heterocycles. The Morgan fingerprint density at radius 1 is 1.05 bits per heavy atom. The highest BCUT2D eigenvalue weighted by atomic mass is 35.5. The molecule has 1 aromatic heterocycles. The molecule has 0 spiro atoms. The highest BCUT2D eigenvalue weighted by molar-refractivity contribution is 6.39. The van der Waals surface area contributed by atoms with E-state index in [1.54, 1.807) is 6.20 Å². The van der Waals surface area contributed by atoms with Crippen molar-refractivity contribution in [3.8, 4) is 0 Å². The van der Waals surface area contributed by atoms with E-state index in [1.807, 2.05) is 18.2 Å². The minimum Gasteiger partial charge on any atom is -0.288 e. The smallest absolute Gasteiger partial charge is 0.0538 e. The second kappa shape index (κ2) is 4.57.